The maximum Gasteiger partial charge on any atom is 0.407 e. The van der Waals surface area contributed by atoms with Gasteiger partial charge < -0.3 is 25.0 Å². The molecular formula is C17H20N2O6S. The smallest absolute Gasteiger partial charge is 0.407 e. The number of aliphatic hydroxyl groups is 2. The van der Waals surface area contributed by atoms with Gasteiger partial charge in [0, 0.05) is 11.9 Å². The van der Waals surface area contributed by atoms with E-state index in [1.807, 2.05) is 30.3 Å². The van der Waals surface area contributed by atoms with Crippen LogP contribution in [0.1, 0.15) is 34.1 Å². The Morgan fingerprint density at radius 2 is 1.96 bits per heavy atom. The third-order valence-corrected chi connectivity index (χ3v) is 4.21. The van der Waals surface area contributed by atoms with Gasteiger partial charge in [0.15, 0.2) is 5.69 Å². The molecule has 0 bridgehead atoms. The van der Waals surface area contributed by atoms with Crippen LogP contribution in [0.5, 0.6) is 0 Å². The van der Waals surface area contributed by atoms with E-state index >= 15 is 0 Å². The highest BCUT2D eigenvalue weighted by Gasteiger charge is 2.24. The molecule has 1 aromatic heterocycles. The van der Waals surface area contributed by atoms with Crippen molar-refractivity contribution in [2.24, 2.45) is 0 Å². The summed E-state index contributed by atoms with van der Waals surface area (Å²) in [6, 6.07) is 9.14. The molecule has 0 fully saturated rings. The molecule has 0 saturated carbocycles. The Hall–Kier alpha value is -2.49. The molecule has 0 radical (unpaired) electrons. The second-order valence-corrected chi connectivity index (χ2v) is 6.14. The predicted molar refractivity (Wildman–Crippen MR) is 93.7 cm³/mol. The molecule has 0 aliphatic carbocycles. The summed E-state index contributed by atoms with van der Waals surface area (Å²) in [4.78, 5) is 27.1. The first-order valence-corrected chi connectivity index (χ1v) is 8.82. The Morgan fingerprint density at radius 3 is 2.65 bits per heavy atom. The Bertz CT molecular complexity index is 721. The first-order chi connectivity index (χ1) is 12.5. The molecule has 26 heavy (non-hydrogen) atoms. The first kappa shape index (κ1) is 19.8. The van der Waals surface area contributed by atoms with Crippen molar-refractivity contribution in [1.29, 1.82) is 0 Å². The molecule has 1 aromatic carbocycles. The topological polar surface area (TPSA) is 118 Å². The number of hydrogen-bond acceptors (Lipinski definition) is 8. The molecule has 0 spiro atoms. The van der Waals surface area contributed by atoms with Gasteiger partial charge in [-0.1, -0.05) is 30.3 Å². The predicted octanol–water partition coefficient (Wildman–Crippen LogP) is 1.64. The number of carbonyl (C=O) groups excluding carboxylic acids is 2. The lowest BCUT2D eigenvalue weighted by Gasteiger charge is -2.16. The van der Waals surface area contributed by atoms with Crippen LogP contribution in [0.2, 0.25) is 0 Å². The van der Waals surface area contributed by atoms with Gasteiger partial charge in [-0.25, -0.2) is 14.6 Å². The summed E-state index contributed by atoms with van der Waals surface area (Å²) in [5.74, 6) is -0.598. The number of hydrogen-bond donors (Lipinski definition) is 3. The number of benzene rings is 1. The lowest BCUT2D eigenvalue weighted by Crippen LogP contribution is -2.35. The molecule has 2 aromatic rings. The number of esters is 1. The van der Waals surface area contributed by atoms with Gasteiger partial charge in [-0.15, -0.1) is 11.3 Å². The number of thiazole rings is 1. The fourth-order valence-corrected chi connectivity index (χ4v) is 2.79. The minimum Gasteiger partial charge on any atom is -0.461 e. The molecule has 9 heteroatoms. The summed E-state index contributed by atoms with van der Waals surface area (Å²) >= 11 is 1.02. The summed E-state index contributed by atoms with van der Waals surface area (Å²) in [6.45, 7) is 1.75. The minimum atomic E-state index is -1.35. The van der Waals surface area contributed by atoms with Crippen molar-refractivity contribution in [1.82, 2.24) is 10.3 Å². The highest BCUT2D eigenvalue weighted by molar-refractivity contribution is 7.09. The van der Waals surface area contributed by atoms with Crippen molar-refractivity contribution in [2.75, 3.05) is 13.2 Å². The molecule has 2 rings (SSSR count). The van der Waals surface area contributed by atoms with Gasteiger partial charge in [0.25, 0.3) is 0 Å². The van der Waals surface area contributed by atoms with Crippen LogP contribution >= 0.6 is 11.3 Å². The van der Waals surface area contributed by atoms with Gasteiger partial charge in [-0.05, 0) is 12.5 Å². The van der Waals surface area contributed by atoms with Crippen LogP contribution in [-0.2, 0) is 16.1 Å². The van der Waals surface area contributed by atoms with E-state index in [9.17, 15) is 19.8 Å². The second kappa shape index (κ2) is 9.85. The van der Waals surface area contributed by atoms with Crippen LogP contribution in [0, 0.1) is 0 Å². The van der Waals surface area contributed by atoms with E-state index in [4.69, 9.17) is 9.47 Å². The normalized spacial score (nSPS) is 12.9. The lowest BCUT2D eigenvalue weighted by atomic mass is 10.2. The number of nitrogens with one attached hydrogen (secondary N) is 1. The van der Waals surface area contributed by atoms with Crippen LogP contribution in [-0.4, -0.2) is 46.5 Å². The SMILES string of the molecule is CCOC(=O)c1csc(C(O)C(O)CNC(=O)OCc2ccccc2)n1. The second-order valence-electron chi connectivity index (χ2n) is 5.25. The van der Waals surface area contributed by atoms with E-state index in [-0.39, 0.29) is 30.5 Å². The molecule has 0 aliphatic rings. The maximum atomic E-state index is 11.6. The van der Waals surface area contributed by atoms with Gasteiger partial charge >= 0.3 is 12.1 Å². The third kappa shape index (κ3) is 5.80. The molecule has 3 N–H and O–H groups in total. The van der Waals surface area contributed by atoms with E-state index in [0.717, 1.165) is 16.9 Å². The molecule has 2 unspecified atom stereocenters. The number of amides is 1. The average Bonchev–Trinajstić information content (AvgIpc) is 3.15. The summed E-state index contributed by atoms with van der Waals surface area (Å²) < 4.78 is 9.82. The molecule has 0 saturated heterocycles. The Labute approximate surface area is 154 Å². The Balaban J connectivity index is 1.78. The maximum absolute atomic E-state index is 11.6. The van der Waals surface area contributed by atoms with Crippen LogP contribution in [0.4, 0.5) is 4.79 Å². The number of ether oxygens (including phenoxy) is 2. The fourth-order valence-electron chi connectivity index (χ4n) is 1.96. The zero-order chi connectivity index (χ0) is 18.9. The van der Waals surface area contributed by atoms with Gasteiger partial charge in [-0.2, -0.15) is 0 Å². The molecule has 140 valence electrons. The Kier molecular flexibility index (Phi) is 7.52. The summed E-state index contributed by atoms with van der Waals surface area (Å²) in [5.41, 5.74) is 0.894. The first-order valence-electron chi connectivity index (χ1n) is 7.94. The van der Waals surface area contributed by atoms with E-state index in [1.54, 1.807) is 6.92 Å². The zero-order valence-corrected chi connectivity index (χ0v) is 14.9. The number of alkyl carbamates (subject to hydrolysis) is 1. The van der Waals surface area contributed by atoms with Crippen molar-refractivity contribution >= 4 is 23.4 Å². The molecule has 1 amide bonds. The molecule has 0 aliphatic heterocycles. The third-order valence-electron chi connectivity index (χ3n) is 3.29. The van der Waals surface area contributed by atoms with E-state index in [0.29, 0.717) is 0 Å². The molecule has 8 nitrogen and oxygen atoms in total. The lowest BCUT2D eigenvalue weighted by molar-refractivity contribution is 0.0180. The number of nitrogens with zero attached hydrogens (tertiary/aromatic N) is 1. The van der Waals surface area contributed by atoms with E-state index in [2.05, 4.69) is 10.3 Å². The standard InChI is InChI=1S/C17H20N2O6S/c1-2-24-16(22)12-10-26-15(19-12)14(21)13(20)8-18-17(23)25-9-11-6-4-3-5-7-11/h3-7,10,13-14,20-21H,2,8-9H2,1H3,(H,18,23). The van der Waals surface area contributed by atoms with Crippen LogP contribution in [0.3, 0.4) is 0 Å². The summed E-state index contributed by atoms with van der Waals surface area (Å²) in [7, 11) is 0. The van der Waals surface area contributed by atoms with Gasteiger partial charge in [0.05, 0.1) is 6.61 Å². The van der Waals surface area contributed by atoms with Crippen molar-refractivity contribution in [2.45, 2.75) is 25.7 Å². The van der Waals surface area contributed by atoms with E-state index in [1.165, 1.54) is 5.38 Å². The number of carbonyl (C=O) groups is 2. The van der Waals surface area contributed by atoms with Crippen molar-refractivity contribution < 1.29 is 29.3 Å². The van der Waals surface area contributed by atoms with Gasteiger partial charge in [0.2, 0.25) is 0 Å². The zero-order valence-electron chi connectivity index (χ0n) is 14.1. The average molecular weight is 380 g/mol. The number of rotatable bonds is 8. The highest BCUT2D eigenvalue weighted by Crippen LogP contribution is 2.21. The molecule has 2 atom stereocenters. The van der Waals surface area contributed by atoms with Crippen LogP contribution < -0.4 is 5.32 Å². The van der Waals surface area contributed by atoms with Gasteiger partial charge in [0.1, 0.15) is 23.8 Å². The summed E-state index contributed by atoms with van der Waals surface area (Å²) in [6.07, 6.45) is -3.37. The van der Waals surface area contributed by atoms with Crippen molar-refractivity contribution in [3.05, 3.63) is 52.0 Å². The monoisotopic (exact) mass is 380 g/mol. The van der Waals surface area contributed by atoms with Crippen LogP contribution in [0.15, 0.2) is 35.7 Å². The van der Waals surface area contributed by atoms with Crippen LogP contribution in [0.25, 0.3) is 0 Å². The van der Waals surface area contributed by atoms with Gasteiger partial charge in [-0.3, -0.25) is 0 Å². The molecule has 1 heterocycles. The highest BCUT2D eigenvalue weighted by atomic mass is 32.1. The molecular weight excluding hydrogens is 360 g/mol. The fraction of sp³-hybridized carbons (Fsp3) is 0.353. The number of aromatic nitrogens is 1. The number of aliphatic hydroxyl groups excluding tert-OH is 2. The Morgan fingerprint density at radius 1 is 1.23 bits per heavy atom. The summed E-state index contributed by atoms with van der Waals surface area (Å²) in [5, 5.41) is 24.0. The largest absolute Gasteiger partial charge is 0.461 e. The minimum absolute atomic E-state index is 0.0633. The van der Waals surface area contributed by atoms with Crippen molar-refractivity contribution in [3.63, 3.8) is 0 Å². The quantitative estimate of drug-likeness (QED) is 0.596. The van der Waals surface area contributed by atoms with Crippen molar-refractivity contribution in [3.8, 4) is 0 Å². The van der Waals surface area contributed by atoms with E-state index < -0.39 is 24.3 Å².